The van der Waals surface area contributed by atoms with Crippen LogP contribution in [0.5, 0.6) is 0 Å². The second-order valence-electron chi connectivity index (χ2n) is 2.32. The molecule has 0 aromatic carbocycles. The molecule has 6 heteroatoms. The summed E-state index contributed by atoms with van der Waals surface area (Å²) in [7, 11) is 1.18. The van der Waals surface area contributed by atoms with Crippen molar-refractivity contribution in [3.63, 3.8) is 0 Å². The molecule has 0 aliphatic carbocycles. The number of hydrogen-bond donors (Lipinski definition) is 1. The van der Waals surface area contributed by atoms with Gasteiger partial charge >= 0.3 is 5.97 Å². The number of nitrogen functional groups attached to an aromatic ring is 1. The number of nitrogens with zero attached hydrogens (tertiary/aromatic N) is 2. The minimum Gasteiger partial charge on any atom is -0.463 e. The minimum atomic E-state index is -0.741. The van der Waals surface area contributed by atoms with E-state index in [9.17, 15) is 9.18 Å². The van der Waals surface area contributed by atoms with Gasteiger partial charge in [-0.2, -0.15) is 0 Å². The lowest BCUT2D eigenvalue weighted by Crippen LogP contribution is -2.12. The summed E-state index contributed by atoms with van der Waals surface area (Å²) in [6.45, 7) is 1.39. The molecule has 5 nitrogen and oxygen atoms in total. The maximum absolute atomic E-state index is 12.9. The van der Waals surface area contributed by atoms with Crippen molar-refractivity contribution in [2.24, 2.45) is 0 Å². The Labute approximate surface area is 73.7 Å². The van der Waals surface area contributed by atoms with E-state index in [0.29, 0.717) is 0 Å². The van der Waals surface area contributed by atoms with Crippen molar-refractivity contribution in [1.82, 2.24) is 9.97 Å². The largest absolute Gasteiger partial charge is 0.463 e. The van der Waals surface area contributed by atoms with Crippen LogP contribution in [0, 0.1) is 12.7 Å². The molecule has 13 heavy (non-hydrogen) atoms. The molecular formula is C7H8FN3O2. The van der Waals surface area contributed by atoms with E-state index in [1.54, 1.807) is 0 Å². The first-order valence-corrected chi connectivity index (χ1v) is 3.44. The van der Waals surface area contributed by atoms with Crippen LogP contribution in [-0.4, -0.2) is 23.0 Å². The number of rotatable bonds is 1. The van der Waals surface area contributed by atoms with E-state index in [4.69, 9.17) is 5.73 Å². The number of esters is 1. The number of carbonyl (C=O) groups is 1. The van der Waals surface area contributed by atoms with Crippen molar-refractivity contribution in [3.8, 4) is 0 Å². The van der Waals surface area contributed by atoms with Crippen LogP contribution in [0.25, 0.3) is 0 Å². The fourth-order valence-electron chi connectivity index (χ4n) is 0.764. The molecule has 0 atom stereocenters. The maximum Gasteiger partial charge on any atom is 0.376 e. The van der Waals surface area contributed by atoms with E-state index >= 15 is 0 Å². The average Bonchev–Trinajstić information content (AvgIpc) is 2.12. The van der Waals surface area contributed by atoms with Gasteiger partial charge in [0.1, 0.15) is 0 Å². The first-order chi connectivity index (χ1) is 6.06. The van der Waals surface area contributed by atoms with E-state index in [-0.39, 0.29) is 17.3 Å². The maximum atomic E-state index is 12.9. The molecule has 1 aromatic rings. The molecule has 0 aliphatic heterocycles. The molecule has 0 bridgehead atoms. The molecule has 70 valence electrons. The molecule has 1 heterocycles. The normalized spacial score (nSPS) is 9.77. The van der Waals surface area contributed by atoms with Crippen molar-refractivity contribution < 1.29 is 13.9 Å². The highest BCUT2D eigenvalue weighted by molar-refractivity contribution is 5.85. The molecule has 1 aromatic heterocycles. The van der Waals surface area contributed by atoms with Gasteiger partial charge in [-0.05, 0) is 6.92 Å². The van der Waals surface area contributed by atoms with Crippen LogP contribution in [-0.2, 0) is 4.74 Å². The Morgan fingerprint density at radius 1 is 1.54 bits per heavy atom. The van der Waals surface area contributed by atoms with Gasteiger partial charge in [-0.15, -0.1) is 0 Å². The molecule has 0 radical (unpaired) electrons. The van der Waals surface area contributed by atoms with E-state index in [1.807, 2.05) is 0 Å². The lowest BCUT2D eigenvalue weighted by Gasteiger charge is -2.02. The quantitative estimate of drug-likeness (QED) is 0.636. The van der Waals surface area contributed by atoms with Crippen molar-refractivity contribution in [3.05, 3.63) is 17.3 Å². The molecule has 2 N–H and O–H groups in total. The first-order valence-electron chi connectivity index (χ1n) is 3.44. The van der Waals surface area contributed by atoms with Gasteiger partial charge in [-0.1, -0.05) is 0 Å². The van der Waals surface area contributed by atoms with Crippen LogP contribution in [0.2, 0.25) is 0 Å². The number of carbonyl (C=O) groups excluding carboxylic acids is 1. The second-order valence-corrected chi connectivity index (χ2v) is 2.32. The summed E-state index contributed by atoms with van der Waals surface area (Å²) < 4.78 is 17.2. The Morgan fingerprint density at radius 3 is 2.62 bits per heavy atom. The lowest BCUT2D eigenvalue weighted by molar-refractivity contribution is 0.0586. The number of aromatic nitrogens is 2. The van der Waals surface area contributed by atoms with Gasteiger partial charge in [-0.3, -0.25) is 0 Å². The fourth-order valence-corrected chi connectivity index (χ4v) is 0.764. The Hall–Kier alpha value is -1.72. The Balaban J connectivity index is 3.20. The van der Waals surface area contributed by atoms with Gasteiger partial charge in [0.2, 0.25) is 5.82 Å². The van der Waals surface area contributed by atoms with E-state index in [2.05, 4.69) is 14.7 Å². The summed E-state index contributed by atoms with van der Waals surface area (Å²) in [5, 5.41) is 0. The third kappa shape index (κ3) is 1.71. The van der Waals surface area contributed by atoms with Crippen LogP contribution >= 0.6 is 0 Å². The molecule has 1 rings (SSSR count). The van der Waals surface area contributed by atoms with Gasteiger partial charge in [0.25, 0.3) is 0 Å². The third-order valence-electron chi connectivity index (χ3n) is 1.41. The summed E-state index contributed by atoms with van der Waals surface area (Å²) >= 11 is 0. The number of hydrogen-bond acceptors (Lipinski definition) is 5. The zero-order chi connectivity index (χ0) is 10.0. The molecule has 0 fully saturated rings. The SMILES string of the molecule is COC(=O)c1nc(C)c(F)c(N)n1. The van der Waals surface area contributed by atoms with Crippen molar-refractivity contribution in [1.29, 1.82) is 0 Å². The predicted octanol–water partition coefficient (Wildman–Crippen LogP) is 0.293. The van der Waals surface area contributed by atoms with Crippen molar-refractivity contribution in [2.75, 3.05) is 12.8 Å². The zero-order valence-electron chi connectivity index (χ0n) is 7.17. The first kappa shape index (κ1) is 9.37. The number of methoxy groups -OCH3 is 1. The number of ether oxygens (including phenoxy) is 1. The van der Waals surface area contributed by atoms with Crippen LogP contribution < -0.4 is 5.73 Å². The Bertz CT molecular complexity index is 331. The number of anilines is 1. The summed E-state index contributed by atoms with van der Waals surface area (Å²) in [5.74, 6) is -2.05. The Morgan fingerprint density at radius 2 is 2.15 bits per heavy atom. The van der Waals surface area contributed by atoms with Crippen LogP contribution in [0.4, 0.5) is 10.2 Å². The number of aryl methyl sites for hydroxylation is 1. The summed E-state index contributed by atoms with van der Waals surface area (Å²) in [6, 6.07) is 0. The molecule has 0 unspecified atom stereocenters. The van der Waals surface area contributed by atoms with Gasteiger partial charge < -0.3 is 10.5 Å². The van der Waals surface area contributed by atoms with E-state index in [0.717, 1.165) is 0 Å². The van der Waals surface area contributed by atoms with Crippen LogP contribution in [0.3, 0.4) is 0 Å². The third-order valence-corrected chi connectivity index (χ3v) is 1.41. The van der Waals surface area contributed by atoms with E-state index < -0.39 is 11.8 Å². The Kier molecular flexibility index (Phi) is 2.41. The highest BCUT2D eigenvalue weighted by atomic mass is 19.1. The molecule has 0 spiro atoms. The predicted molar refractivity (Wildman–Crippen MR) is 42.5 cm³/mol. The highest BCUT2D eigenvalue weighted by Crippen LogP contribution is 2.10. The monoisotopic (exact) mass is 185 g/mol. The standard InChI is InChI=1S/C7H8FN3O2/c1-3-4(8)5(9)11-6(10-3)7(12)13-2/h1-2H3,(H2,9,10,11). The van der Waals surface area contributed by atoms with Gasteiger partial charge in [-0.25, -0.2) is 19.2 Å². The zero-order valence-corrected chi connectivity index (χ0v) is 7.17. The van der Waals surface area contributed by atoms with Gasteiger partial charge in [0.15, 0.2) is 11.6 Å². The highest BCUT2D eigenvalue weighted by Gasteiger charge is 2.14. The van der Waals surface area contributed by atoms with E-state index in [1.165, 1.54) is 14.0 Å². The smallest absolute Gasteiger partial charge is 0.376 e. The van der Waals surface area contributed by atoms with Crippen molar-refractivity contribution in [2.45, 2.75) is 6.92 Å². The molecular weight excluding hydrogens is 177 g/mol. The van der Waals surface area contributed by atoms with Crippen LogP contribution in [0.1, 0.15) is 16.3 Å². The molecule has 0 aliphatic rings. The summed E-state index contributed by atoms with van der Waals surface area (Å²) in [6.07, 6.45) is 0. The van der Waals surface area contributed by atoms with Crippen LogP contribution in [0.15, 0.2) is 0 Å². The molecule has 0 amide bonds. The topological polar surface area (TPSA) is 78.1 Å². The van der Waals surface area contributed by atoms with Crippen molar-refractivity contribution >= 4 is 11.8 Å². The summed E-state index contributed by atoms with van der Waals surface area (Å²) in [5.41, 5.74) is 5.20. The summed E-state index contributed by atoms with van der Waals surface area (Å²) in [4.78, 5) is 17.9. The average molecular weight is 185 g/mol. The lowest BCUT2D eigenvalue weighted by atomic mass is 10.4. The molecule has 0 saturated heterocycles. The minimum absolute atomic E-state index is 0.0212. The second kappa shape index (κ2) is 3.34. The van der Waals surface area contributed by atoms with Gasteiger partial charge in [0.05, 0.1) is 12.8 Å². The number of nitrogens with two attached hydrogens (primary N) is 1. The van der Waals surface area contributed by atoms with Gasteiger partial charge in [0, 0.05) is 0 Å². The molecule has 0 saturated carbocycles. The number of halogens is 1. The fraction of sp³-hybridized carbons (Fsp3) is 0.286.